The molecule has 1 N–H and O–H groups in total. The predicted molar refractivity (Wildman–Crippen MR) is 112 cm³/mol. The Hall–Kier alpha value is -2.00. The largest absolute Gasteiger partial charge is 0.508 e. The number of hydrogen-bond acceptors (Lipinski definition) is 3. The second kappa shape index (κ2) is 7.44. The van der Waals surface area contributed by atoms with E-state index in [9.17, 15) is 5.11 Å². The highest BCUT2D eigenvalue weighted by atomic mass is 16.5. The average molecular weight is 378 g/mol. The Labute approximate surface area is 168 Å². The first-order valence-corrected chi connectivity index (χ1v) is 11.0. The van der Waals surface area contributed by atoms with Gasteiger partial charge in [-0.15, -0.1) is 0 Å². The van der Waals surface area contributed by atoms with E-state index in [1.807, 2.05) is 36.4 Å². The maximum absolute atomic E-state index is 10.1. The molecule has 2 aliphatic carbocycles. The van der Waals surface area contributed by atoms with Gasteiger partial charge in [0.1, 0.15) is 11.5 Å². The van der Waals surface area contributed by atoms with Crippen LogP contribution >= 0.6 is 0 Å². The third-order valence-electron chi connectivity index (χ3n) is 7.54. The molecule has 3 atom stereocenters. The Balaban J connectivity index is 1.30. The van der Waals surface area contributed by atoms with Gasteiger partial charge >= 0.3 is 0 Å². The number of piperidine rings is 1. The van der Waals surface area contributed by atoms with Crippen LogP contribution in [-0.4, -0.2) is 35.7 Å². The predicted octanol–water partition coefficient (Wildman–Crippen LogP) is 4.92. The van der Waals surface area contributed by atoms with Crippen LogP contribution in [-0.2, 0) is 11.8 Å². The molecule has 148 valence electrons. The highest BCUT2D eigenvalue weighted by Gasteiger charge is 2.53. The number of nitrogens with zero attached hydrogens (tertiary/aromatic N) is 1. The molecular formula is C25H31NO2. The molecule has 3 aliphatic rings. The number of benzene rings is 2. The second-order valence-electron chi connectivity index (χ2n) is 8.92. The zero-order valence-corrected chi connectivity index (χ0v) is 16.6. The maximum Gasteiger partial charge on any atom is 0.119 e. The fraction of sp³-hybridized carbons (Fsp3) is 0.520. The van der Waals surface area contributed by atoms with Crippen LogP contribution in [0.3, 0.4) is 0 Å². The summed E-state index contributed by atoms with van der Waals surface area (Å²) in [5.74, 6) is 2.16. The Morgan fingerprint density at radius 2 is 1.96 bits per heavy atom. The monoisotopic (exact) mass is 377 g/mol. The van der Waals surface area contributed by atoms with Gasteiger partial charge in [0.2, 0.25) is 0 Å². The molecule has 0 radical (unpaired) electrons. The SMILES string of the molecule is Oc1ccc2c(c1)[C@]13CCCC[C@H]1[C@@H](C2)N(CCCOc1ccccc1)CC3. The van der Waals surface area contributed by atoms with Crippen LogP contribution in [0, 0.1) is 5.92 Å². The fourth-order valence-corrected chi connectivity index (χ4v) is 6.32. The molecule has 0 aromatic heterocycles. The number of para-hydroxylation sites is 1. The summed E-state index contributed by atoms with van der Waals surface area (Å²) in [6.07, 6.45) is 8.80. The van der Waals surface area contributed by atoms with Crippen LogP contribution in [0.2, 0.25) is 0 Å². The van der Waals surface area contributed by atoms with E-state index >= 15 is 0 Å². The van der Waals surface area contributed by atoms with Gasteiger partial charge in [0, 0.05) is 18.0 Å². The molecular weight excluding hydrogens is 346 g/mol. The molecule has 3 heteroatoms. The topological polar surface area (TPSA) is 32.7 Å². The summed E-state index contributed by atoms with van der Waals surface area (Å²) in [5, 5.41) is 10.1. The van der Waals surface area contributed by atoms with Crippen molar-refractivity contribution in [1.29, 1.82) is 0 Å². The lowest BCUT2D eigenvalue weighted by Crippen LogP contribution is -2.61. The molecule has 0 spiro atoms. The van der Waals surface area contributed by atoms with Crippen molar-refractivity contribution in [1.82, 2.24) is 4.90 Å². The van der Waals surface area contributed by atoms with Gasteiger partial charge in [-0.25, -0.2) is 0 Å². The van der Waals surface area contributed by atoms with E-state index in [0.29, 0.717) is 17.2 Å². The van der Waals surface area contributed by atoms with E-state index in [4.69, 9.17) is 4.74 Å². The fourth-order valence-electron chi connectivity index (χ4n) is 6.32. The van der Waals surface area contributed by atoms with E-state index < -0.39 is 0 Å². The molecule has 2 bridgehead atoms. The first kappa shape index (κ1) is 18.1. The van der Waals surface area contributed by atoms with Crippen LogP contribution < -0.4 is 4.74 Å². The zero-order chi connectivity index (χ0) is 19.0. The van der Waals surface area contributed by atoms with Gasteiger partial charge in [0.25, 0.3) is 0 Å². The first-order chi connectivity index (χ1) is 13.8. The number of phenols is 1. The van der Waals surface area contributed by atoms with E-state index in [1.54, 1.807) is 0 Å². The minimum absolute atomic E-state index is 0.312. The van der Waals surface area contributed by atoms with Crippen molar-refractivity contribution in [2.24, 2.45) is 5.92 Å². The second-order valence-corrected chi connectivity index (χ2v) is 8.92. The van der Waals surface area contributed by atoms with Crippen molar-refractivity contribution in [3.05, 3.63) is 59.7 Å². The van der Waals surface area contributed by atoms with E-state index in [-0.39, 0.29) is 0 Å². The number of phenolic OH excluding ortho intramolecular Hbond substituents is 1. The zero-order valence-electron chi connectivity index (χ0n) is 16.6. The Morgan fingerprint density at radius 3 is 2.86 bits per heavy atom. The molecule has 2 aromatic rings. The molecule has 2 fully saturated rings. The summed E-state index contributed by atoms with van der Waals surface area (Å²) in [5.41, 5.74) is 3.26. The van der Waals surface area contributed by atoms with Gasteiger partial charge in [-0.1, -0.05) is 37.1 Å². The lowest BCUT2D eigenvalue weighted by atomic mass is 9.52. The highest BCUT2D eigenvalue weighted by Crippen LogP contribution is 2.56. The molecule has 1 aliphatic heterocycles. The third-order valence-corrected chi connectivity index (χ3v) is 7.54. The van der Waals surface area contributed by atoms with Crippen molar-refractivity contribution < 1.29 is 9.84 Å². The Morgan fingerprint density at radius 1 is 1.07 bits per heavy atom. The molecule has 2 aromatic carbocycles. The number of rotatable bonds is 5. The van der Waals surface area contributed by atoms with Crippen molar-refractivity contribution in [2.75, 3.05) is 19.7 Å². The molecule has 3 nitrogen and oxygen atoms in total. The van der Waals surface area contributed by atoms with Crippen LogP contribution in [0.1, 0.15) is 49.7 Å². The van der Waals surface area contributed by atoms with Crippen molar-refractivity contribution >= 4 is 0 Å². The average Bonchev–Trinajstić information content (AvgIpc) is 2.74. The lowest BCUT2D eigenvalue weighted by molar-refractivity contribution is -0.0130. The Bertz CT molecular complexity index is 821. The van der Waals surface area contributed by atoms with Crippen LogP contribution in [0.5, 0.6) is 11.5 Å². The van der Waals surface area contributed by atoms with Crippen LogP contribution in [0.25, 0.3) is 0 Å². The smallest absolute Gasteiger partial charge is 0.119 e. The molecule has 28 heavy (non-hydrogen) atoms. The first-order valence-electron chi connectivity index (χ1n) is 11.0. The van der Waals surface area contributed by atoms with Crippen LogP contribution in [0.15, 0.2) is 48.5 Å². The summed E-state index contributed by atoms with van der Waals surface area (Å²) < 4.78 is 5.92. The third kappa shape index (κ3) is 3.10. The summed E-state index contributed by atoms with van der Waals surface area (Å²) >= 11 is 0. The molecule has 1 heterocycles. The van der Waals surface area contributed by atoms with Gasteiger partial charge in [0.05, 0.1) is 6.61 Å². The minimum Gasteiger partial charge on any atom is -0.508 e. The minimum atomic E-state index is 0.312. The summed E-state index contributed by atoms with van der Waals surface area (Å²) in [7, 11) is 0. The Kier molecular flexibility index (Phi) is 4.80. The van der Waals surface area contributed by atoms with Gasteiger partial charge < -0.3 is 9.84 Å². The number of likely N-dealkylation sites (tertiary alicyclic amines) is 1. The standard InChI is InChI=1S/C25H31NO2/c27-20-11-10-19-17-24-22-9-4-5-12-25(22,23(19)18-20)13-15-26(24)14-6-16-28-21-7-2-1-3-8-21/h1-3,7-8,10-11,18,22,24,27H,4-6,9,12-17H2/t22-,24+,25-/m0/s1. The lowest BCUT2D eigenvalue weighted by Gasteiger charge is -2.59. The molecule has 5 rings (SSSR count). The summed E-state index contributed by atoms with van der Waals surface area (Å²) in [4.78, 5) is 2.75. The van der Waals surface area contributed by atoms with Crippen LogP contribution in [0.4, 0.5) is 0 Å². The number of aromatic hydroxyl groups is 1. The molecule has 0 amide bonds. The molecule has 1 saturated heterocycles. The maximum atomic E-state index is 10.1. The number of ether oxygens (including phenoxy) is 1. The van der Waals surface area contributed by atoms with Gasteiger partial charge in [0.15, 0.2) is 0 Å². The van der Waals surface area contributed by atoms with Crippen molar-refractivity contribution in [2.45, 2.75) is 56.4 Å². The van der Waals surface area contributed by atoms with Crippen molar-refractivity contribution in [3.63, 3.8) is 0 Å². The van der Waals surface area contributed by atoms with Gasteiger partial charge in [-0.05, 0) is 80.0 Å². The van der Waals surface area contributed by atoms with E-state index in [2.05, 4.69) is 17.0 Å². The number of fused-ring (bicyclic) bond motifs is 1. The van der Waals surface area contributed by atoms with E-state index in [0.717, 1.165) is 37.7 Å². The quantitative estimate of drug-likeness (QED) is 0.751. The van der Waals surface area contributed by atoms with Gasteiger partial charge in [-0.3, -0.25) is 4.90 Å². The van der Waals surface area contributed by atoms with Gasteiger partial charge in [-0.2, -0.15) is 0 Å². The number of hydrogen-bond donors (Lipinski definition) is 1. The summed E-state index contributed by atoms with van der Waals surface area (Å²) in [6.45, 7) is 3.09. The summed E-state index contributed by atoms with van der Waals surface area (Å²) in [6, 6.07) is 17.0. The molecule has 0 unspecified atom stereocenters. The normalized spacial score (nSPS) is 29.0. The molecule has 1 saturated carbocycles. The van der Waals surface area contributed by atoms with Crippen molar-refractivity contribution in [3.8, 4) is 11.5 Å². The van der Waals surface area contributed by atoms with E-state index in [1.165, 1.54) is 49.8 Å². The highest BCUT2D eigenvalue weighted by molar-refractivity contribution is 5.45.